The van der Waals surface area contributed by atoms with Gasteiger partial charge in [0.05, 0.1) is 0 Å². The van der Waals surface area contributed by atoms with Gasteiger partial charge in [-0.3, -0.25) is 0 Å². The Balaban J connectivity index is 2.31. The highest BCUT2D eigenvalue weighted by Crippen LogP contribution is 2.07. The number of rotatable bonds is 5. The quantitative estimate of drug-likeness (QED) is 0.733. The van der Waals surface area contributed by atoms with Crippen LogP contribution in [-0.2, 0) is 0 Å². The fourth-order valence-electron chi connectivity index (χ4n) is 1.30. The highest BCUT2D eigenvalue weighted by molar-refractivity contribution is 5.26. The minimum atomic E-state index is 0.505. The van der Waals surface area contributed by atoms with Crippen molar-refractivity contribution in [2.24, 2.45) is 0 Å². The van der Waals surface area contributed by atoms with Crippen LogP contribution in [0.5, 0.6) is 0 Å². The van der Waals surface area contributed by atoms with Crippen molar-refractivity contribution in [1.29, 1.82) is 0 Å². The van der Waals surface area contributed by atoms with Crippen LogP contribution < -0.4 is 5.32 Å². The highest BCUT2D eigenvalue weighted by atomic mass is 15.1. The van der Waals surface area contributed by atoms with Crippen molar-refractivity contribution in [1.82, 2.24) is 9.97 Å². The second kappa shape index (κ2) is 4.90. The van der Waals surface area contributed by atoms with Gasteiger partial charge in [-0.2, -0.15) is 0 Å². The molecule has 13 heavy (non-hydrogen) atoms. The number of unbranched alkanes of at least 4 members (excludes halogenated alkanes) is 1. The van der Waals surface area contributed by atoms with E-state index in [1.54, 1.807) is 0 Å². The number of imidazole rings is 1. The minimum Gasteiger partial charge on any atom is -0.353 e. The molecule has 74 valence electrons. The van der Waals surface area contributed by atoms with Gasteiger partial charge in [-0.25, -0.2) is 4.98 Å². The lowest BCUT2D eigenvalue weighted by Crippen LogP contribution is -2.15. The smallest absolute Gasteiger partial charge is 0.200 e. The molecule has 0 aliphatic carbocycles. The van der Waals surface area contributed by atoms with E-state index in [1.165, 1.54) is 19.3 Å². The SMILES string of the molecule is CCCCC(C)Nc1ncc(C)[nH]1. The summed E-state index contributed by atoms with van der Waals surface area (Å²) in [6.07, 6.45) is 5.57. The number of H-pyrrole nitrogens is 1. The molecular weight excluding hydrogens is 162 g/mol. The monoisotopic (exact) mass is 181 g/mol. The van der Waals surface area contributed by atoms with Crippen molar-refractivity contribution in [3.63, 3.8) is 0 Å². The van der Waals surface area contributed by atoms with Gasteiger partial charge >= 0.3 is 0 Å². The molecule has 0 aliphatic heterocycles. The van der Waals surface area contributed by atoms with E-state index in [1.807, 2.05) is 13.1 Å². The molecule has 0 aromatic carbocycles. The summed E-state index contributed by atoms with van der Waals surface area (Å²) in [4.78, 5) is 7.36. The Bertz CT molecular complexity index is 242. The normalized spacial score (nSPS) is 12.8. The number of aromatic nitrogens is 2. The molecule has 0 bridgehead atoms. The molecule has 1 atom stereocenters. The summed E-state index contributed by atoms with van der Waals surface area (Å²) in [7, 11) is 0. The van der Waals surface area contributed by atoms with Crippen LogP contribution in [0.4, 0.5) is 5.95 Å². The molecule has 1 heterocycles. The fraction of sp³-hybridized carbons (Fsp3) is 0.700. The van der Waals surface area contributed by atoms with Crippen molar-refractivity contribution in [2.75, 3.05) is 5.32 Å². The van der Waals surface area contributed by atoms with Crippen molar-refractivity contribution < 1.29 is 0 Å². The maximum Gasteiger partial charge on any atom is 0.200 e. The Labute approximate surface area is 80.0 Å². The number of hydrogen-bond acceptors (Lipinski definition) is 2. The van der Waals surface area contributed by atoms with E-state index in [0.29, 0.717) is 6.04 Å². The standard InChI is InChI=1S/C10H19N3/c1-4-5-6-8(2)12-10-11-7-9(3)13-10/h7-8H,4-6H2,1-3H3,(H2,11,12,13). The first-order valence-corrected chi connectivity index (χ1v) is 5.00. The Morgan fingerprint density at radius 2 is 2.38 bits per heavy atom. The third kappa shape index (κ3) is 3.49. The van der Waals surface area contributed by atoms with E-state index in [2.05, 4.69) is 29.1 Å². The summed E-state index contributed by atoms with van der Waals surface area (Å²) >= 11 is 0. The topological polar surface area (TPSA) is 40.7 Å². The number of aryl methyl sites for hydroxylation is 1. The Morgan fingerprint density at radius 3 is 2.92 bits per heavy atom. The summed E-state index contributed by atoms with van der Waals surface area (Å²) < 4.78 is 0. The van der Waals surface area contributed by atoms with Gasteiger partial charge in [0, 0.05) is 17.9 Å². The molecule has 0 saturated carbocycles. The maximum atomic E-state index is 4.20. The second-order valence-corrected chi connectivity index (χ2v) is 3.60. The average molecular weight is 181 g/mol. The largest absolute Gasteiger partial charge is 0.353 e. The molecule has 2 N–H and O–H groups in total. The zero-order valence-corrected chi connectivity index (χ0v) is 8.72. The van der Waals surface area contributed by atoms with Crippen LogP contribution in [0.2, 0.25) is 0 Å². The van der Waals surface area contributed by atoms with E-state index in [4.69, 9.17) is 0 Å². The number of nitrogens with one attached hydrogen (secondary N) is 2. The molecule has 0 amide bonds. The lowest BCUT2D eigenvalue weighted by Gasteiger charge is -2.11. The van der Waals surface area contributed by atoms with E-state index in [9.17, 15) is 0 Å². The number of aromatic amines is 1. The van der Waals surface area contributed by atoms with Gasteiger partial charge in [-0.1, -0.05) is 19.8 Å². The minimum absolute atomic E-state index is 0.505. The molecule has 0 aliphatic rings. The van der Waals surface area contributed by atoms with Crippen LogP contribution in [-0.4, -0.2) is 16.0 Å². The Hall–Kier alpha value is -0.990. The summed E-state index contributed by atoms with van der Waals surface area (Å²) in [6.45, 7) is 6.41. The molecular formula is C10H19N3. The molecule has 1 rings (SSSR count). The lowest BCUT2D eigenvalue weighted by molar-refractivity contribution is 0.641. The van der Waals surface area contributed by atoms with E-state index in [0.717, 1.165) is 11.6 Å². The van der Waals surface area contributed by atoms with Gasteiger partial charge < -0.3 is 10.3 Å². The van der Waals surface area contributed by atoms with Gasteiger partial charge in [-0.05, 0) is 20.3 Å². The van der Waals surface area contributed by atoms with Gasteiger partial charge in [0.1, 0.15) is 0 Å². The van der Waals surface area contributed by atoms with Crippen LogP contribution >= 0.6 is 0 Å². The van der Waals surface area contributed by atoms with E-state index < -0.39 is 0 Å². The van der Waals surface area contributed by atoms with E-state index >= 15 is 0 Å². The summed E-state index contributed by atoms with van der Waals surface area (Å²) in [5.74, 6) is 0.890. The maximum absolute atomic E-state index is 4.20. The van der Waals surface area contributed by atoms with Crippen LogP contribution in [0, 0.1) is 6.92 Å². The zero-order chi connectivity index (χ0) is 9.68. The zero-order valence-electron chi connectivity index (χ0n) is 8.72. The molecule has 1 aromatic heterocycles. The van der Waals surface area contributed by atoms with Gasteiger partial charge in [-0.15, -0.1) is 0 Å². The number of nitrogens with zero attached hydrogens (tertiary/aromatic N) is 1. The summed E-state index contributed by atoms with van der Waals surface area (Å²) in [5, 5.41) is 3.33. The first-order valence-electron chi connectivity index (χ1n) is 5.00. The van der Waals surface area contributed by atoms with Crippen LogP contribution in [0.25, 0.3) is 0 Å². The van der Waals surface area contributed by atoms with Gasteiger partial charge in [0.25, 0.3) is 0 Å². The lowest BCUT2D eigenvalue weighted by atomic mass is 10.1. The van der Waals surface area contributed by atoms with Gasteiger partial charge in [0.2, 0.25) is 0 Å². The van der Waals surface area contributed by atoms with Crippen LogP contribution in [0.1, 0.15) is 38.8 Å². The predicted octanol–water partition coefficient (Wildman–Crippen LogP) is 2.71. The second-order valence-electron chi connectivity index (χ2n) is 3.60. The first kappa shape index (κ1) is 10.1. The third-order valence-electron chi connectivity index (χ3n) is 2.08. The molecule has 3 nitrogen and oxygen atoms in total. The van der Waals surface area contributed by atoms with Crippen LogP contribution in [0.15, 0.2) is 6.20 Å². The summed E-state index contributed by atoms with van der Waals surface area (Å²) in [5.41, 5.74) is 1.10. The molecule has 3 heteroatoms. The molecule has 0 spiro atoms. The van der Waals surface area contributed by atoms with Crippen molar-refractivity contribution in [2.45, 2.75) is 46.1 Å². The number of anilines is 1. The van der Waals surface area contributed by atoms with E-state index in [-0.39, 0.29) is 0 Å². The molecule has 1 aromatic rings. The number of hydrogen-bond donors (Lipinski definition) is 2. The van der Waals surface area contributed by atoms with Crippen molar-refractivity contribution >= 4 is 5.95 Å². The predicted molar refractivity (Wildman–Crippen MR) is 55.9 cm³/mol. The molecule has 1 unspecified atom stereocenters. The average Bonchev–Trinajstić information content (AvgIpc) is 2.48. The fourth-order valence-corrected chi connectivity index (χ4v) is 1.30. The molecule has 0 fully saturated rings. The van der Waals surface area contributed by atoms with Gasteiger partial charge in [0.15, 0.2) is 5.95 Å². The van der Waals surface area contributed by atoms with Crippen LogP contribution in [0.3, 0.4) is 0 Å². The molecule has 0 radical (unpaired) electrons. The molecule has 0 saturated heterocycles. The Morgan fingerprint density at radius 1 is 1.62 bits per heavy atom. The van der Waals surface area contributed by atoms with Crippen molar-refractivity contribution in [3.05, 3.63) is 11.9 Å². The first-order chi connectivity index (χ1) is 6.22. The Kier molecular flexibility index (Phi) is 3.80. The highest BCUT2D eigenvalue weighted by Gasteiger charge is 2.02. The summed E-state index contributed by atoms with van der Waals surface area (Å²) in [6, 6.07) is 0.505. The third-order valence-corrected chi connectivity index (χ3v) is 2.08. The van der Waals surface area contributed by atoms with Crippen molar-refractivity contribution in [3.8, 4) is 0 Å².